The Kier molecular flexibility index (Phi) is 1.82. The number of rotatable bonds is 1. The minimum absolute atomic E-state index is 0.363. The van der Waals surface area contributed by atoms with Crippen molar-refractivity contribution in [1.29, 1.82) is 5.26 Å². The van der Waals surface area contributed by atoms with Crippen LogP contribution in [0.25, 0.3) is 11.5 Å². The maximum absolute atomic E-state index is 8.85. The van der Waals surface area contributed by atoms with E-state index >= 15 is 0 Å². The van der Waals surface area contributed by atoms with Crippen LogP contribution in [0.5, 0.6) is 0 Å². The zero-order chi connectivity index (χ0) is 10.1. The first-order valence-electron chi connectivity index (χ1n) is 4.02. The van der Waals surface area contributed by atoms with Gasteiger partial charge in [0.05, 0.1) is 5.69 Å². The van der Waals surface area contributed by atoms with Gasteiger partial charge >= 0.3 is 0 Å². The van der Waals surface area contributed by atoms with E-state index in [2.05, 4.69) is 10.3 Å². The number of nitrogens with zero attached hydrogens (tertiary/aromatic N) is 3. The second-order valence-electron chi connectivity index (χ2n) is 2.91. The monoisotopic (exact) mass is 189 g/mol. The predicted molar refractivity (Wildman–Crippen MR) is 46.2 cm³/mol. The maximum atomic E-state index is 8.85. The Bertz CT molecular complexity index is 504. The first kappa shape index (κ1) is 8.51. The lowest BCUT2D eigenvalue weighted by molar-refractivity contribution is 0.390. The Morgan fingerprint density at radius 1 is 1.29 bits per heavy atom. The minimum Gasteiger partial charge on any atom is -0.361 e. The van der Waals surface area contributed by atoms with E-state index in [4.69, 9.17) is 14.3 Å². The van der Waals surface area contributed by atoms with Gasteiger partial charge in [0.2, 0.25) is 5.76 Å². The van der Waals surface area contributed by atoms with Crippen LogP contribution in [0.1, 0.15) is 17.0 Å². The van der Waals surface area contributed by atoms with Crippen LogP contribution in [0, 0.1) is 25.2 Å². The second kappa shape index (κ2) is 3.00. The maximum Gasteiger partial charge on any atom is 0.206 e. The molecule has 0 fully saturated rings. The fraction of sp³-hybridized carbons (Fsp3) is 0.222. The van der Waals surface area contributed by atoms with E-state index in [0.717, 1.165) is 0 Å². The van der Waals surface area contributed by atoms with E-state index in [1.54, 1.807) is 19.9 Å². The summed E-state index contributed by atoms with van der Waals surface area (Å²) in [6.07, 6.45) is 0. The molecule has 2 aromatic rings. The molecule has 0 bridgehead atoms. The highest BCUT2D eigenvalue weighted by Gasteiger charge is 2.17. The predicted octanol–water partition coefficient (Wildman–Crippen LogP) is 1.82. The van der Waals surface area contributed by atoms with E-state index in [0.29, 0.717) is 28.5 Å². The molecule has 0 aliphatic heterocycles. The highest BCUT2D eigenvalue weighted by atomic mass is 16.5. The van der Waals surface area contributed by atoms with Gasteiger partial charge < -0.3 is 9.05 Å². The van der Waals surface area contributed by atoms with Crippen LogP contribution in [-0.2, 0) is 0 Å². The van der Waals surface area contributed by atoms with Crippen molar-refractivity contribution in [3.63, 3.8) is 0 Å². The van der Waals surface area contributed by atoms with E-state index in [1.807, 2.05) is 6.07 Å². The minimum atomic E-state index is 0.363. The van der Waals surface area contributed by atoms with E-state index in [-0.39, 0.29) is 0 Å². The van der Waals surface area contributed by atoms with E-state index in [9.17, 15) is 0 Å². The topological polar surface area (TPSA) is 75.8 Å². The number of aryl methyl sites for hydroxylation is 2. The molecule has 2 heterocycles. The molecule has 2 aromatic heterocycles. The van der Waals surface area contributed by atoms with Crippen molar-refractivity contribution >= 4 is 0 Å². The molecule has 70 valence electrons. The van der Waals surface area contributed by atoms with Crippen LogP contribution in [0.4, 0.5) is 0 Å². The summed E-state index contributed by atoms with van der Waals surface area (Å²) in [7, 11) is 0. The summed E-state index contributed by atoms with van der Waals surface area (Å²) in [6, 6.07) is 3.71. The van der Waals surface area contributed by atoms with Crippen molar-refractivity contribution in [3.8, 4) is 17.5 Å². The van der Waals surface area contributed by atoms with Crippen molar-refractivity contribution in [2.45, 2.75) is 13.8 Å². The second-order valence-corrected chi connectivity index (χ2v) is 2.91. The highest BCUT2D eigenvalue weighted by molar-refractivity contribution is 5.61. The Hall–Kier alpha value is -2.09. The van der Waals surface area contributed by atoms with Crippen molar-refractivity contribution in [2.75, 3.05) is 0 Å². The number of nitriles is 1. The SMILES string of the molecule is Cc1cc(-c2onc(C)c2C#N)no1. The number of hydrogen-bond donors (Lipinski definition) is 0. The van der Waals surface area contributed by atoms with Gasteiger partial charge in [0.15, 0.2) is 5.69 Å². The third-order valence-corrected chi connectivity index (χ3v) is 1.84. The zero-order valence-electron chi connectivity index (χ0n) is 7.74. The molecule has 0 amide bonds. The molecular formula is C9H7N3O2. The first-order chi connectivity index (χ1) is 6.72. The van der Waals surface area contributed by atoms with Crippen LogP contribution in [0.3, 0.4) is 0 Å². The zero-order valence-corrected chi connectivity index (χ0v) is 7.74. The molecule has 0 aliphatic carbocycles. The fourth-order valence-corrected chi connectivity index (χ4v) is 1.15. The molecule has 0 aromatic carbocycles. The van der Waals surface area contributed by atoms with Gasteiger partial charge in [-0.3, -0.25) is 0 Å². The lowest BCUT2D eigenvalue weighted by atomic mass is 10.2. The van der Waals surface area contributed by atoms with Gasteiger partial charge in [-0.05, 0) is 13.8 Å². The molecule has 2 rings (SSSR count). The third-order valence-electron chi connectivity index (χ3n) is 1.84. The van der Waals surface area contributed by atoms with E-state index < -0.39 is 0 Å². The summed E-state index contributed by atoms with van der Waals surface area (Å²) in [5.41, 5.74) is 1.46. The van der Waals surface area contributed by atoms with Crippen LogP contribution >= 0.6 is 0 Å². The summed E-state index contributed by atoms with van der Waals surface area (Å²) in [4.78, 5) is 0. The molecule has 0 unspecified atom stereocenters. The third kappa shape index (κ3) is 1.17. The molecule has 0 radical (unpaired) electrons. The van der Waals surface area contributed by atoms with E-state index in [1.165, 1.54) is 0 Å². The molecule has 0 atom stereocenters. The molecule has 0 N–H and O–H groups in total. The average molecular weight is 189 g/mol. The Morgan fingerprint density at radius 2 is 2.07 bits per heavy atom. The summed E-state index contributed by atoms with van der Waals surface area (Å²) < 4.78 is 9.87. The quantitative estimate of drug-likeness (QED) is 0.683. The van der Waals surface area contributed by atoms with Crippen molar-refractivity contribution in [2.24, 2.45) is 0 Å². The molecule has 14 heavy (non-hydrogen) atoms. The Balaban J connectivity index is 2.58. The van der Waals surface area contributed by atoms with Gasteiger partial charge in [0.1, 0.15) is 17.4 Å². The largest absolute Gasteiger partial charge is 0.361 e. The summed E-state index contributed by atoms with van der Waals surface area (Å²) in [6.45, 7) is 3.48. The van der Waals surface area contributed by atoms with Crippen LogP contribution in [-0.4, -0.2) is 10.3 Å². The first-order valence-corrected chi connectivity index (χ1v) is 4.02. The molecule has 0 saturated heterocycles. The van der Waals surface area contributed by atoms with Gasteiger partial charge in [-0.1, -0.05) is 10.3 Å². The molecule has 0 spiro atoms. The Morgan fingerprint density at radius 3 is 2.64 bits per heavy atom. The van der Waals surface area contributed by atoms with Crippen LogP contribution in [0.15, 0.2) is 15.1 Å². The standard InChI is InChI=1S/C9H7N3O2/c1-5-3-8(12-13-5)9-7(4-10)6(2)11-14-9/h3H,1-2H3. The molecule has 0 aliphatic rings. The van der Waals surface area contributed by atoms with Gasteiger partial charge in [-0.2, -0.15) is 5.26 Å². The van der Waals surface area contributed by atoms with Crippen molar-refractivity contribution in [1.82, 2.24) is 10.3 Å². The normalized spacial score (nSPS) is 10.1. The molecule has 5 nitrogen and oxygen atoms in total. The van der Waals surface area contributed by atoms with Gasteiger partial charge in [0.25, 0.3) is 0 Å². The average Bonchev–Trinajstić information content (AvgIpc) is 2.71. The number of aromatic nitrogens is 2. The molecular weight excluding hydrogens is 182 g/mol. The number of hydrogen-bond acceptors (Lipinski definition) is 5. The van der Waals surface area contributed by atoms with Gasteiger partial charge in [-0.15, -0.1) is 0 Å². The van der Waals surface area contributed by atoms with Crippen molar-refractivity contribution < 1.29 is 9.05 Å². The Labute approximate surface area is 79.9 Å². The molecule has 5 heteroatoms. The van der Waals surface area contributed by atoms with Gasteiger partial charge in [-0.25, -0.2) is 0 Å². The summed E-state index contributed by atoms with van der Waals surface area (Å²) in [5, 5.41) is 16.3. The van der Waals surface area contributed by atoms with Crippen LogP contribution in [0.2, 0.25) is 0 Å². The van der Waals surface area contributed by atoms with Crippen LogP contribution < -0.4 is 0 Å². The summed E-state index contributed by atoms with van der Waals surface area (Å²) in [5.74, 6) is 1.03. The smallest absolute Gasteiger partial charge is 0.206 e. The van der Waals surface area contributed by atoms with Gasteiger partial charge in [0, 0.05) is 6.07 Å². The summed E-state index contributed by atoms with van der Waals surface area (Å²) >= 11 is 0. The highest BCUT2D eigenvalue weighted by Crippen LogP contribution is 2.24. The lowest BCUT2D eigenvalue weighted by Gasteiger charge is -1.85. The lowest BCUT2D eigenvalue weighted by Crippen LogP contribution is -1.80. The van der Waals surface area contributed by atoms with Crippen molar-refractivity contribution in [3.05, 3.63) is 23.1 Å². The molecule has 0 saturated carbocycles. The fourth-order valence-electron chi connectivity index (χ4n) is 1.15.